The number of rotatable bonds is 3. The zero-order valence-corrected chi connectivity index (χ0v) is 7.85. The third-order valence-corrected chi connectivity index (χ3v) is 1.97. The Kier molecular flexibility index (Phi) is 3.01. The van der Waals surface area contributed by atoms with E-state index >= 15 is 0 Å². The minimum absolute atomic E-state index is 0.143. The Balaban J connectivity index is 2.75. The van der Waals surface area contributed by atoms with Crippen molar-refractivity contribution in [2.24, 2.45) is 0 Å². The maximum atomic E-state index is 11.9. The molecule has 0 aliphatic carbocycles. The number of halogens is 3. The highest BCUT2D eigenvalue weighted by molar-refractivity contribution is 5.87. The number of carboxylic acids is 1. The second-order valence-corrected chi connectivity index (χ2v) is 3.09. The molecule has 1 aromatic rings. The SMILES string of the molecule is Cc1c(CCC(F)(F)F)n[nH]c1C(=O)O. The summed E-state index contributed by atoms with van der Waals surface area (Å²) in [6.45, 7) is 1.43. The quantitative estimate of drug-likeness (QED) is 0.820. The van der Waals surface area contributed by atoms with Gasteiger partial charge in [-0.15, -0.1) is 0 Å². The van der Waals surface area contributed by atoms with E-state index in [0.29, 0.717) is 0 Å². The molecule has 0 saturated heterocycles. The Labute approximate surface area is 83.1 Å². The van der Waals surface area contributed by atoms with Gasteiger partial charge in [-0.1, -0.05) is 0 Å². The van der Waals surface area contributed by atoms with Gasteiger partial charge in [-0.05, 0) is 6.92 Å². The van der Waals surface area contributed by atoms with Gasteiger partial charge < -0.3 is 5.11 Å². The van der Waals surface area contributed by atoms with Crippen LogP contribution < -0.4 is 0 Å². The minimum Gasteiger partial charge on any atom is -0.477 e. The van der Waals surface area contributed by atoms with Gasteiger partial charge in [-0.3, -0.25) is 5.10 Å². The lowest BCUT2D eigenvalue weighted by molar-refractivity contribution is -0.134. The number of aromatic amines is 1. The fraction of sp³-hybridized carbons (Fsp3) is 0.500. The highest BCUT2D eigenvalue weighted by atomic mass is 19.4. The summed E-state index contributed by atoms with van der Waals surface area (Å²) in [5, 5.41) is 14.3. The molecule has 4 nitrogen and oxygen atoms in total. The predicted molar refractivity (Wildman–Crippen MR) is 44.7 cm³/mol. The van der Waals surface area contributed by atoms with E-state index in [0.717, 1.165) is 0 Å². The molecule has 1 heterocycles. The van der Waals surface area contributed by atoms with E-state index in [1.807, 2.05) is 0 Å². The minimum atomic E-state index is -4.26. The molecule has 0 atom stereocenters. The van der Waals surface area contributed by atoms with Crippen LogP contribution in [0.4, 0.5) is 13.2 Å². The Morgan fingerprint density at radius 3 is 2.53 bits per heavy atom. The van der Waals surface area contributed by atoms with E-state index in [2.05, 4.69) is 10.2 Å². The maximum Gasteiger partial charge on any atom is 0.389 e. The summed E-state index contributed by atoms with van der Waals surface area (Å²) in [6.07, 6.45) is -5.56. The van der Waals surface area contributed by atoms with Crippen molar-refractivity contribution < 1.29 is 23.1 Å². The largest absolute Gasteiger partial charge is 0.477 e. The Hall–Kier alpha value is -1.53. The van der Waals surface area contributed by atoms with Crippen LogP contribution in [0.5, 0.6) is 0 Å². The summed E-state index contributed by atoms with van der Waals surface area (Å²) in [5.41, 5.74) is 0.239. The maximum absolute atomic E-state index is 11.9. The molecule has 0 bridgehead atoms. The summed E-state index contributed by atoms with van der Waals surface area (Å²) >= 11 is 0. The van der Waals surface area contributed by atoms with Gasteiger partial charge in [-0.25, -0.2) is 4.79 Å². The Morgan fingerprint density at radius 2 is 2.13 bits per heavy atom. The zero-order valence-electron chi connectivity index (χ0n) is 7.85. The first-order chi connectivity index (χ1) is 6.81. The average molecular weight is 222 g/mol. The molecule has 15 heavy (non-hydrogen) atoms. The lowest BCUT2D eigenvalue weighted by atomic mass is 10.1. The summed E-state index contributed by atoms with van der Waals surface area (Å²) in [5.74, 6) is -1.22. The van der Waals surface area contributed by atoms with Gasteiger partial charge in [0.15, 0.2) is 0 Å². The van der Waals surface area contributed by atoms with Gasteiger partial charge in [0.1, 0.15) is 5.69 Å². The standard InChI is InChI=1S/C8H9F3N2O2/c1-4-5(2-3-8(9,10)11)12-13-6(4)7(14)15/h2-3H2,1H3,(H,12,13)(H,14,15). The monoisotopic (exact) mass is 222 g/mol. The van der Waals surface area contributed by atoms with Crippen LogP contribution >= 0.6 is 0 Å². The second kappa shape index (κ2) is 3.92. The molecule has 1 rings (SSSR count). The number of nitrogens with one attached hydrogen (secondary N) is 1. The molecule has 7 heteroatoms. The van der Waals surface area contributed by atoms with E-state index < -0.39 is 18.6 Å². The molecule has 0 aliphatic heterocycles. The normalized spacial score (nSPS) is 11.7. The van der Waals surface area contributed by atoms with E-state index in [1.165, 1.54) is 6.92 Å². The molecule has 0 saturated carbocycles. The van der Waals surface area contributed by atoms with Gasteiger partial charge in [0, 0.05) is 18.4 Å². The van der Waals surface area contributed by atoms with Crippen LogP contribution in [0.1, 0.15) is 28.2 Å². The molecule has 0 unspecified atom stereocenters. The molecule has 0 amide bonds. The smallest absolute Gasteiger partial charge is 0.389 e. The number of hydrogen-bond donors (Lipinski definition) is 2. The van der Waals surface area contributed by atoms with Crippen LogP contribution in [0, 0.1) is 6.92 Å². The number of aryl methyl sites for hydroxylation is 1. The van der Waals surface area contributed by atoms with Crippen LogP contribution in [0.2, 0.25) is 0 Å². The molecule has 1 aromatic heterocycles. The Bertz CT molecular complexity index is 370. The van der Waals surface area contributed by atoms with Crippen LogP contribution in [-0.2, 0) is 6.42 Å². The third kappa shape index (κ3) is 2.97. The number of nitrogens with zero attached hydrogens (tertiary/aromatic N) is 1. The van der Waals surface area contributed by atoms with E-state index in [1.54, 1.807) is 0 Å². The lowest BCUT2D eigenvalue weighted by Crippen LogP contribution is -2.09. The van der Waals surface area contributed by atoms with Crippen LogP contribution in [0.25, 0.3) is 0 Å². The van der Waals surface area contributed by atoms with Crippen molar-refractivity contribution >= 4 is 5.97 Å². The molecule has 2 N–H and O–H groups in total. The molecule has 0 spiro atoms. The number of aromatic nitrogens is 2. The van der Waals surface area contributed by atoms with Gasteiger partial charge in [-0.2, -0.15) is 18.3 Å². The van der Waals surface area contributed by atoms with E-state index in [4.69, 9.17) is 5.11 Å². The molecular formula is C8H9F3N2O2. The third-order valence-electron chi connectivity index (χ3n) is 1.97. The number of carboxylic acid groups (broad SMARTS) is 1. The van der Waals surface area contributed by atoms with Gasteiger partial charge >= 0.3 is 12.1 Å². The molecule has 0 aromatic carbocycles. The number of alkyl halides is 3. The van der Waals surface area contributed by atoms with Crippen molar-refractivity contribution in [3.8, 4) is 0 Å². The summed E-state index contributed by atoms with van der Waals surface area (Å²) < 4.78 is 35.7. The van der Waals surface area contributed by atoms with Crippen molar-refractivity contribution in [2.75, 3.05) is 0 Å². The first kappa shape index (κ1) is 11.5. The predicted octanol–water partition coefficient (Wildman–Crippen LogP) is 1.91. The van der Waals surface area contributed by atoms with Crippen molar-refractivity contribution in [3.05, 3.63) is 17.0 Å². The van der Waals surface area contributed by atoms with Crippen LogP contribution in [0.3, 0.4) is 0 Å². The average Bonchev–Trinajstić information content (AvgIpc) is 2.42. The van der Waals surface area contributed by atoms with Crippen molar-refractivity contribution in [1.82, 2.24) is 10.2 Å². The number of aromatic carboxylic acids is 1. The van der Waals surface area contributed by atoms with Crippen molar-refractivity contribution in [1.29, 1.82) is 0 Å². The number of H-pyrrole nitrogens is 1. The molecule has 84 valence electrons. The summed E-state index contributed by atoms with van der Waals surface area (Å²) in [4.78, 5) is 10.5. The van der Waals surface area contributed by atoms with E-state index in [9.17, 15) is 18.0 Å². The molecule has 0 fully saturated rings. The Morgan fingerprint density at radius 1 is 1.53 bits per heavy atom. The summed E-state index contributed by atoms with van der Waals surface area (Å²) in [6, 6.07) is 0. The lowest BCUT2D eigenvalue weighted by Gasteiger charge is -2.04. The number of carbonyl (C=O) groups is 1. The van der Waals surface area contributed by atoms with Gasteiger partial charge in [0.05, 0.1) is 5.69 Å². The highest BCUT2D eigenvalue weighted by Gasteiger charge is 2.28. The first-order valence-corrected chi connectivity index (χ1v) is 4.15. The van der Waals surface area contributed by atoms with Crippen LogP contribution in [-0.4, -0.2) is 27.4 Å². The van der Waals surface area contributed by atoms with Gasteiger partial charge in [0.2, 0.25) is 0 Å². The fourth-order valence-electron chi connectivity index (χ4n) is 1.15. The molecule has 0 radical (unpaired) electrons. The van der Waals surface area contributed by atoms with Gasteiger partial charge in [0.25, 0.3) is 0 Å². The molecule has 0 aliphatic rings. The fourth-order valence-corrected chi connectivity index (χ4v) is 1.15. The van der Waals surface area contributed by atoms with Crippen molar-refractivity contribution in [3.63, 3.8) is 0 Å². The highest BCUT2D eigenvalue weighted by Crippen LogP contribution is 2.23. The van der Waals surface area contributed by atoms with Crippen molar-refractivity contribution in [2.45, 2.75) is 25.9 Å². The topological polar surface area (TPSA) is 66.0 Å². The second-order valence-electron chi connectivity index (χ2n) is 3.09. The zero-order chi connectivity index (χ0) is 11.6. The number of hydrogen-bond acceptors (Lipinski definition) is 2. The summed E-state index contributed by atoms with van der Waals surface area (Å²) in [7, 11) is 0. The van der Waals surface area contributed by atoms with Crippen LogP contribution in [0.15, 0.2) is 0 Å². The molecular weight excluding hydrogens is 213 g/mol. The first-order valence-electron chi connectivity index (χ1n) is 4.15. The van der Waals surface area contributed by atoms with E-state index in [-0.39, 0.29) is 23.4 Å².